The summed E-state index contributed by atoms with van der Waals surface area (Å²) in [6.45, 7) is 1.62. The molecule has 0 aliphatic rings. The molecule has 0 bridgehead atoms. The van der Waals surface area contributed by atoms with Gasteiger partial charge in [-0.2, -0.15) is 5.10 Å². The molecule has 3 aromatic carbocycles. The van der Waals surface area contributed by atoms with Crippen molar-refractivity contribution in [2.45, 2.75) is 13.0 Å². The first-order valence-electron chi connectivity index (χ1n) is 9.24. The first-order chi connectivity index (χ1) is 14.9. The lowest BCUT2D eigenvalue weighted by Crippen LogP contribution is -2.33. The Morgan fingerprint density at radius 3 is 2.35 bits per heavy atom. The number of halogens is 2. The van der Waals surface area contributed by atoms with Crippen LogP contribution in [0.1, 0.15) is 22.8 Å². The number of nitrogens with zero attached hydrogens (tertiary/aromatic N) is 1. The molecular formula is C23H18Br2N2O4. The lowest BCUT2D eigenvalue weighted by Gasteiger charge is -2.13. The van der Waals surface area contributed by atoms with Gasteiger partial charge in [-0.25, -0.2) is 10.2 Å². The summed E-state index contributed by atoms with van der Waals surface area (Å²) in [4.78, 5) is 24.6. The molecule has 0 radical (unpaired) electrons. The zero-order chi connectivity index (χ0) is 22.2. The molecular weight excluding hydrogens is 528 g/mol. The van der Waals surface area contributed by atoms with Crippen molar-refractivity contribution in [1.82, 2.24) is 5.43 Å². The number of carbonyl (C=O) groups is 2. The largest absolute Gasteiger partial charge is 0.481 e. The minimum absolute atomic E-state index is 0.314. The lowest BCUT2D eigenvalue weighted by atomic mass is 10.2. The monoisotopic (exact) mass is 544 g/mol. The number of carbonyl (C=O) groups excluding carboxylic acids is 2. The fourth-order valence-corrected chi connectivity index (χ4v) is 3.12. The summed E-state index contributed by atoms with van der Waals surface area (Å²) in [6.07, 6.45) is 0.652. The molecule has 3 aromatic rings. The molecule has 0 aliphatic heterocycles. The second-order valence-electron chi connectivity index (χ2n) is 6.39. The highest BCUT2D eigenvalue weighted by Crippen LogP contribution is 2.23. The predicted octanol–water partition coefficient (Wildman–Crippen LogP) is 5.35. The molecule has 3 rings (SSSR count). The van der Waals surface area contributed by atoms with Crippen molar-refractivity contribution in [3.05, 3.63) is 92.9 Å². The van der Waals surface area contributed by atoms with Gasteiger partial charge in [0.1, 0.15) is 11.5 Å². The summed E-state index contributed by atoms with van der Waals surface area (Å²) in [7, 11) is 0. The molecule has 0 spiro atoms. The smallest absolute Gasteiger partial charge is 0.343 e. The number of rotatable bonds is 7. The summed E-state index contributed by atoms with van der Waals surface area (Å²) >= 11 is 6.73. The highest BCUT2D eigenvalue weighted by molar-refractivity contribution is 9.10. The van der Waals surface area contributed by atoms with E-state index >= 15 is 0 Å². The summed E-state index contributed by atoms with van der Waals surface area (Å²) < 4.78 is 12.8. The molecule has 0 saturated carbocycles. The normalized spacial score (nSPS) is 11.7. The zero-order valence-corrected chi connectivity index (χ0v) is 19.6. The van der Waals surface area contributed by atoms with Crippen LogP contribution in [-0.4, -0.2) is 24.2 Å². The van der Waals surface area contributed by atoms with E-state index in [2.05, 4.69) is 42.4 Å². The highest BCUT2D eigenvalue weighted by Gasteiger charge is 2.14. The van der Waals surface area contributed by atoms with Gasteiger partial charge in [-0.3, -0.25) is 4.79 Å². The van der Waals surface area contributed by atoms with Gasteiger partial charge in [0.15, 0.2) is 6.10 Å². The van der Waals surface area contributed by atoms with E-state index in [1.165, 1.54) is 6.21 Å². The number of hydrazone groups is 1. The molecule has 31 heavy (non-hydrogen) atoms. The molecule has 0 aliphatic carbocycles. The maximum Gasteiger partial charge on any atom is 0.343 e. The molecule has 0 unspecified atom stereocenters. The van der Waals surface area contributed by atoms with Gasteiger partial charge in [0, 0.05) is 14.5 Å². The van der Waals surface area contributed by atoms with Crippen molar-refractivity contribution in [2.24, 2.45) is 5.10 Å². The van der Waals surface area contributed by atoms with Crippen molar-refractivity contribution in [3.8, 4) is 11.5 Å². The molecule has 6 nitrogen and oxygen atoms in total. The topological polar surface area (TPSA) is 77.0 Å². The first kappa shape index (κ1) is 22.7. The summed E-state index contributed by atoms with van der Waals surface area (Å²) in [6, 6.07) is 20.9. The molecule has 1 atom stereocenters. The minimum atomic E-state index is -0.754. The third-order valence-electron chi connectivity index (χ3n) is 4.06. The number of hydrogen-bond acceptors (Lipinski definition) is 5. The highest BCUT2D eigenvalue weighted by atomic mass is 79.9. The fourth-order valence-electron chi connectivity index (χ4n) is 2.47. The number of hydrogen-bond donors (Lipinski definition) is 1. The predicted molar refractivity (Wildman–Crippen MR) is 126 cm³/mol. The molecule has 0 fully saturated rings. The molecule has 0 heterocycles. The van der Waals surface area contributed by atoms with Crippen LogP contribution in [0.25, 0.3) is 0 Å². The lowest BCUT2D eigenvalue weighted by molar-refractivity contribution is -0.127. The SMILES string of the molecule is C[C@H](Oc1ccc(Br)cc1)C(=O)N/N=C\c1cc(Br)ccc1OC(=O)c1ccccc1. The summed E-state index contributed by atoms with van der Waals surface area (Å²) in [5.74, 6) is -0.0266. The second kappa shape index (κ2) is 10.9. The van der Waals surface area contributed by atoms with Crippen LogP contribution >= 0.6 is 31.9 Å². The summed E-state index contributed by atoms with van der Waals surface area (Å²) in [5, 5.41) is 3.98. The van der Waals surface area contributed by atoms with Crippen molar-refractivity contribution < 1.29 is 19.1 Å². The Kier molecular flexibility index (Phi) is 7.97. The van der Waals surface area contributed by atoms with E-state index in [4.69, 9.17) is 9.47 Å². The summed E-state index contributed by atoms with van der Waals surface area (Å²) in [5.41, 5.74) is 3.38. The van der Waals surface area contributed by atoms with Crippen LogP contribution in [0.2, 0.25) is 0 Å². The Morgan fingerprint density at radius 1 is 0.968 bits per heavy atom. The van der Waals surface area contributed by atoms with Gasteiger partial charge < -0.3 is 9.47 Å². The van der Waals surface area contributed by atoms with E-state index in [0.29, 0.717) is 22.6 Å². The van der Waals surface area contributed by atoms with Crippen LogP contribution in [0.15, 0.2) is 86.8 Å². The Morgan fingerprint density at radius 2 is 1.65 bits per heavy atom. The van der Waals surface area contributed by atoms with Gasteiger partial charge in [0.05, 0.1) is 11.8 Å². The van der Waals surface area contributed by atoms with E-state index in [-0.39, 0.29) is 0 Å². The van der Waals surface area contributed by atoms with Crippen LogP contribution in [-0.2, 0) is 4.79 Å². The van der Waals surface area contributed by atoms with Crippen LogP contribution in [0, 0.1) is 0 Å². The quantitative estimate of drug-likeness (QED) is 0.188. The van der Waals surface area contributed by atoms with Crippen molar-refractivity contribution in [1.29, 1.82) is 0 Å². The van der Waals surface area contributed by atoms with Crippen molar-refractivity contribution in [2.75, 3.05) is 0 Å². The third-order valence-corrected chi connectivity index (χ3v) is 5.08. The van der Waals surface area contributed by atoms with Crippen LogP contribution < -0.4 is 14.9 Å². The maximum absolute atomic E-state index is 12.3. The van der Waals surface area contributed by atoms with E-state index in [0.717, 1.165) is 8.95 Å². The first-order valence-corrected chi connectivity index (χ1v) is 10.8. The van der Waals surface area contributed by atoms with E-state index in [1.54, 1.807) is 61.5 Å². The van der Waals surface area contributed by atoms with Gasteiger partial charge in [0.2, 0.25) is 0 Å². The van der Waals surface area contributed by atoms with Crippen molar-refractivity contribution in [3.63, 3.8) is 0 Å². The van der Waals surface area contributed by atoms with Gasteiger partial charge in [-0.15, -0.1) is 0 Å². The third kappa shape index (κ3) is 6.77. The Bertz CT molecular complexity index is 1090. The average Bonchev–Trinajstić information content (AvgIpc) is 2.77. The number of benzene rings is 3. The van der Waals surface area contributed by atoms with Gasteiger partial charge in [-0.1, -0.05) is 50.1 Å². The van der Waals surface area contributed by atoms with Gasteiger partial charge in [0.25, 0.3) is 5.91 Å². The Hall–Kier alpha value is -2.97. The number of amides is 1. The van der Waals surface area contributed by atoms with Crippen molar-refractivity contribution >= 4 is 50.0 Å². The molecule has 8 heteroatoms. The van der Waals surface area contributed by atoms with Gasteiger partial charge in [-0.05, 0) is 61.5 Å². The fraction of sp³-hybridized carbons (Fsp3) is 0.0870. The van der Waals surface area contributed by atoms with E-state index < -0.39 is 18.0 Å². The molecule has 0 saturated heterocycles. The molecule has 1 N–H and O–H groups in total. The zero-order valence-electron chi connectivity index (χ0n) is 16.4. The number of nitrogens with one attached hydrogen (secondary N) is 1. The minimum Gasteiger partial charge on any atom is -0.481 e. The average molecular weight is 546 g/mol. The van der Waals surface area contributed by atoms with E-state index in [9.17, 15) is 9.59 Å². The Labute approximate surface area is 196 Å². The van der Waals surface area contributed by atoms with E-state index in [1.807, 2.05) is 18.2 Å². The number of ether oxygens (including phenoxy) is 2. The van der Waals surface area contributed by atoms with Crippen LogP contribution in [0.3, 0.4) is 0 Å². The standard InChI is InChI=1S/C23H18Br2N2O4/c1-15(30-20-10-7-18(24)8-11-20)22(28)27-26-14-17-13-19(25)9-12-21(17)31-23(29)16-5-3-2-4-6-16/h2-15H,1H3,(H,27,28)/b26-14-/t15-/m0/s1. The van der Waals surface area contributed by atoms with Gasteiger partial charge >= 0.3 is 5.97 Å². The number of esters is 1. The molecule has 0 aromatic heterocycles. The second-order valence-corrected chi connectivity index (χ2v) is 8.22. The Balaban J connectivity index is 1.64. The molecule has 1 amide bonds. The van der Waals surface area contributed by atoms with Crippen LogP contribution in [0.5, 0.6) is 11.5 Å². The maximum atomic E-state index is 12.3. The molecule has 158 valence electrons. The van der Waals surface area contributed by atoms with Crippen LogP contribution in [0.4, 0.5) is 0 Å².